The van der Waals surface area contributed by atoms with Crippen molar-refractivity contribution in [3.05, 3.63) is 33.8 Å². The van der Waals surface area contributed by atoms with Crippen molar-refractivity contribution in [1.82, 2.24) is 5.32 Å². The quantitative estimate of drug-likeness (QED) is 0.839. The van der Waals surface area contributed by atoms with E-state index in [0.29, 0.717) is 16.5 Å². The normalized spacial score (nSPS) is 13.1. The Morgan fingerprint density at radius 1 is 1.25 bits per heavy atom. The molecule has 0 radical (unpaired) electrons. The molecular formula is C11H13Cl2F2N. The van der Waals surface area contributed by atoms with Gasteiger partial charge in [-0.15, -0.1) is 0 Å². The lowest BCUT2D eigenvalue weighted by molar-refractivity contribution is 0.141. The first-order valence-electron chi connectivity index (χ1n) is 5.01. The van der Waals surface area contributed by atoms with Gasteiger partial charge in [-0.1, -0.05) is 36.2 Å². The van der Waals surface area contributed by atoms with Crippen LogP contribution in [0.15, 0.2) is 18.2 Å². The standard InChI is InChI=1S/C11H13Cl2F2N/c1-2-10(16-6-11(14)15)7-3-4-8(12)9(13)5-7/h3-5,10-11,16H,2,6H2,1H3. The molecule has 90 valence electrons. The average molecular weight is 268 g/mol. The number of hydrogen-bond donors (Lipinski definition) is 1. The minimum atomic E-state index is -2.35. The first-order chi connectivity index (χ1) is 7.54. The van der Waals surface area contributed by atoms with Crippen LogP contribution in [-0.4, -0.2) is 13.0 Å². The van der Waals surface area contributed by atoms with E-state index < -0.39 is 6.43 Å². The van der Waals surface area contributed by atoms with Crippen molar-refractivity contribution >= 4 is 23.2 Å². The Hall–Kier alpha value is -0.380. The van der Waals surface area contributed by atoms with Crippen LogP contribution in [0, 0.1) is 0 Å². The molecule has 16 heavy (non-hydrogen) atoms. The largest absolute Gasteiger partial charge is 0.305 e. The number of rotatable bonds is 5. The zero-order valence-corrected chi connectivity index (χ0v) is 10.3. The van der Waals surface area contributed by atoms with Gasteiger partial charge in [-0.3, -0.25) is 0 Å². The van der Waals surface area contributed by atoms with E-state index in [0.717, 1.165) is 5.56 Å². The first-order valence-corrected chi connectivity index (χ1v) is 5.76. The molecule has 1 aromatic carbocycles. The summed E-state index contributed by atoms with van der Waals surface area (Å²) in [6, 6.07) is 5.05. The third kappa shape index (κ3) is 3.89. The SMILES string of the molecule is CCC(NCC(F)F)c1ccc(Cl)c(Cl)c1. The van der Waals surface area contributed by atoms with Crippen molar-refractivity contribution in [3.63, 3.8) is 0 Å². The zero-order chi connectivity index (χ0) is 12.1. The van der Waals surface area contributed by atoms with Crippen LogP contribution in [0.4, 0.5) is 8.78 Å². The van der Waals surface area contributed by atoms with E-state index in [-0.39, 0.29) is 12.6 Å². The third-order valence-corrected chi connectivity index (χ3v) is 3.01. The maximum absolute atomic E-state index is 12.1. The molecular weight excluding hydrogens is 255 g/mol. The van der Waals surface area contributed by atoms with Gasteiger partial charge in [0.2, 0.25) is 0 Å². The Bertz CT molecular complexity index is 345. The molecule has 0 aliphatic heterocycles. The predicted molar refractivity (Wildman–Crippen MR) is 63.5 cm³/mol. The summed E-state index contributed by atoms with van der Waals surface area (Å²) in [5, 5.41) is 3.69. The molecule has 0 fully saturated rings. The predicted octanol–water partition coefficient (Wildman–Crippen LogP) is 4.30. The van der Waals surface area contributed by atoms with Crippen molar-refractivity contribution in [2.24, 2.45) is 0 Å². The van der Waals surface area contributed by atoms with Gasteiger partial charge in [0.15, 0.2) is 0 Å². The summed E-state index contributed by atoms with van der Waals surface area (Å²) < 4.78 is 24.2. The molecule has 0 saturated heterocycles. The molecule has 0 heterocycles. The van der Waals surface area contributed by atoms with Gasteiger partial charge in [0, 0.05) is 6.04 Å². The fraction of sp³-hybridized carbons (Fsp3) is 0.455. The maximum Gasteiger partial charge on any atom is 0.250 e. The number of hydrogen-bond acceptors (Lipinski definition) is 1. The molecule has 0 bridgehead atoms. The minimum Gasteiger partial charge on any atom is -0.305 e. The lowest BCUT2D eigenvalue weighted by atomic mass is 10.0. The highest BCUT2D eigenvalue weighted by Gasteiger charge is 2.12. The Morgan fingerprint density at radius 3 is 2.44 bits per heavy atom. The van der Waals surface area contributed by atoms with E-state index in [1.54, 1.807) is 18.2 Å². The lowest BCUT2D eigenvalue weighted by Crippen LogP contribution is -2.26. The molecule has 0 saturated carbocycles. The summed E-state index contributed by atoms with van der Waals surface area (Å²) in [4.78, 5) is 0. The highest BCUT2D eigenvalue weighted by atomic mass is 35.5. The van der Waals surface area contributed by atoms with Crippen molar-refractivity contribution in [2.45, 2.75) is 25.8 Å². The molecule has 1 nitrogen and oxygen atoms in total. The van der Waals surface area contributed by atoms with Crippen LogP contribution in [0.25, 0.3) is 0 Å². The molecule has 0 spiro atoms. The second kappa shape index (κ2) is 6.38. The fourth-order valence-electron chi connectivity index (χ4n) is 1.46. The monoisotopic (exact) mass is 267 g/mol. The van der Waals surface area contributed by atoms with E-state index in [2.05, 4.69) is 5.32 Å². The van der Waals surface area contributed by atoms with E-state index in [1.807, 2.05) is 6.92 Å². The van der Waals surface area contributed by atoms with Crippen LogP contribution in [0.5, 0.6) is 0 Å². The van der Waals surface area contributed by atoms with E-state index in [4.69, 9.17) is 23.2 Å². The highest BCUT2D eigenvalue weighted by Crippen LogP contribution is 2.26. The Morgan fingerprint density at radius 2 is 1.94 bits per heavy atom. The Kier molecular flexibility index (Phi) is 5.46. The second-order valence-corrected chi connectivity index (χ2v) is 4.25. The lowest BCUT2D eigenvalue weighted by Gasteiger charge is -2.17. The molecule has 5 heteroatoms. The van der Waals surface area contributed by atoms with Gasteiger partial charge in [0.25, 0.3) is 6.43 Å². The minimum absolute atomic E-state index is 0.122. The van der Waals surface area contributed by atoms with Crippen LogP contribution in [0.1, 0.15) is 24.9 Å². The van der Waals surface area contributed by atoms with Crippen molar-refractivity contribution in [3.8, 4) is 0 Å². The molecule has 1 unspecified atom stereocenters. The summed E-state index contributed by atoms with van der Waals surface area (Å²) in [6.45, 7) is 1.60. The van der Waals surface area contributed by atoms with Gasteiger partial charge in [-0.25, -0.2) is 8.78 Å². The van der Waals surface area contributed by atoms with E-state index in [1.165, 1.54) is 0 Å². The van der Waals surface area contributed by atoms with Crippen molar-refractivity contribution in [2.75, 3.05) is 6.54 Å². The smallest absolute Gasteiger partial charge is 0.250 e. The van der Waals surface area contributed by atoms with Crippen molar-refractivity contribution in [1.29, 1.82) is 0 Å². The fourth-order valence-corrected chi connectivity index (χ4v) is 1.76. The summed E-state index contributed by atoms with van der Waals surface area (Å²) in [5.74, 6) is 0. The molecule has 1 atom stereocenters. The second-order valence-electron chi connectivity index (χ2n) is 3.43. The topological polar surface area (TPSA) is 12.0 Å². The van der Waals surface area contributed by atoms with Crippen LogP contribution >= 0.6 is 23.2 Å². The van der Waals surface area contributed by atoms with Gasteiger partial charge in [0.1, 0.15) is 0 Å². The Balaban J connectivity index is 2.74. The van der Waals surface area contributed by atoms with Crippen LogP contribution in [0.2, 0.25) is 10.0 Å². The van der Waals surface area contributed by atoms with E-state index in [9.17, 15) is 8.78 Å². The molecule has 0 aromatic heterocycles. The van der Waals surface area contributed by atoms with Gasteiger partial charge >= 0.3 is 0 Å². The van der Waals surface area contributed by atoms with Crippen LogP contribution < -0.4 is 5.32 Å². The van der Waals surface area contributed by atoms with Crippen LogP contribution in [0.3, 0.4) is 0 Å². The zero-order valence-electron chi connectivity index (χ0n) is 8.81. The summed E-state index contributed by atoms with van der Waals surface area (Å²) in [6.07, 6.45) is -1.64. The third-order valence-electron chi connectivity index (χ3n) is 2.27. The first kappa shape index (κ1) is 13.7. The van der Waals surface area contributed by atoms with Gasteiger partial charge < -0.3 is 5.32 Å². The number of nitrogens with one attached hydrogen (secondary N) is 1. The molecule has 0 amide bonds. The maximum atomic E-state index is 12.1. The van der Waals surface area contributed by atoms with Gasteiger partial charge in [-0.2, -0.15) is 0 Å². The number of benzene rings is 1. The van der Waals surface area contributed by atoms with Gasteiger partial charge in [-0.05, 0) is 24.1 Å². The summed E-state index contributed by atoms with van der Waals surface area (Å²) >= 11 is 11.7. The molecule has 0 aliphatic carbocycles. The summed E-state index contributed by atoms with van der Waals surface area (Å²) in [5.41, 5.74) is 0.873. The molecule has 1 aromatic rings. The number of alkyl halides is 2. The van der Waals surface area contributed by atoms with Crippen LogP contribution in [-0.2, 0) is 0 Å². The molecule has 0 aliphatic rings. The highest BCUT2D eigenvalue weighted by molar-refractivity contribution is 6.42. The number of halogens is 4. The Labute approximate surface area is 104 Å². The molecule has 1 rings (SSSR count). The summed E-state index contributed by atoms with van der Waals surface area (Å²) in [7, 11) is 0. The van der Waals surface area contributed by atoms with E-state index >= 15 is 0 Å². The molecule has 1 N–H and O–H groups in total. The average Bonchev–Trinajstić information content (AvgIpc) is 2.23. The van der Waals surface area contributed by atoms with Crippen molar-refractivity contribution < 1.29 is 8.78 Å². The van der Waals surface area contributed by atoms with Gasteiger partial charge in [0.05, 0.1) is 16.6 Å².